The predicted molar refractivity (Wildman–Crippen MR) is 66.5 cm³/mol. The summed E-state index contributed by atoms with van der Waals surface area (Å²) in [5, 5.41) is 0.284. The Morgan fingerprint density at radius 1 is 1.29 bits per heavy atom. The molecular formula is C12H19ClS. The predicted octanol–water partition coefficient (Wildman–Crippen LogP) is 4.51. The summed E-state index contributed by atoms with van der Waals surface area (Å²) in [7, 11) is 0. The second kappa shape index (κ2) is 5.77. The molecule has 0 aliphatic carbocycles. The molecule has 0 aromatic carbocycles. The standard InChI is InChI=1S/C12H19ClS/c1-4-10(9(3)13)8-12-7-6-11(5-2)14-12/h6-7,9-10H,4-5,8H2,1-3H3. The Balaban J connectivity index is 2.57. The van der Waals surface area contributed by atoms with Crippen LogP contribution >= 0.6 is 22.9 Å². The number of hydrogen-bond acceptors (Lipinski definition) is 1. The fraction of sp³-hybridized carbons (Fsp3) is 0.667. The van der Waals surface area contributed by atoms with Crippen LogP contribution in [-0.4, -0.2) is 5.38 Å². The molecule has 1 aromatic heterocycles. The van der Waals surface area contributed by atoms with Crippen LogP contribution in [0.25, 0.3) is 0 Å². The molecule has 2 atom stereocenters. The maximum Gasteiger partial charge on any atom is 0.0339 e. The zero-order chi connectivity index (χ0) is 10.6. The first-order valence-electron chi connectivity index (χ1n) is 5.39. The van der Waals surface area contributed by atoms with E-state index in [1.807, 2.05) is 11.3 Å². The summed E-state index contributed by atoms with van der Waals surface area (Å²) < 4.78 is 0. The minimum absolute atomic E-state index is 0.284. The summed E-state index contributed by atoms with van der Waals surface area (Å²) in [4.78, 5) is 2.97. The molecule has 1 aromatic rings. The van der Waals surface area contributed by atoms with Crippen LogP contribution in [0.15, 0.2) is 12.1 Å². The lowest BCUT2D eigenvalue weighted by atomic mass is 9.98. The van der Waals surface area contributed by atoms with Crippen LogP contribution in [0, 0.1) is 5.92 Å². The van der Waals surface area contributed by atoms with Gasteiger partial charge in [0.1, 0.15) is 0 Å². The van der Waals surface area contributed by atoms with Gasteiger partial charge in [-0.3, -0.25) is 0 Å². The second-order valence-electron chi connectivity index (χ2n) is 3.77. The average Bonchev–Trinajstić information content (AvgIpc) is 2.61. The Kier molecular flexibility index (Phi) is 4.97. The minimum atomic E-state index is 0.284. The first kappa shape index (κ1) is 12.1. The van der Waals surface area contributed by atoms with Crippen LogP contribution in [0.1, 0.15) is 36.9 Å². The van der Waals surface area contributed by atoms with Gasteiger partial charge in [-0.15, -0.1) is 22.9 Å². The van der Waals surface area contributed by atoms with E-state index >= 15 is 0 Å². The molecule has 80 valence electrons. The monoisotopic (exact) mass is 230 g/mol. The zero-order valence-electron chi connectivity index (χ0n) is 9.22. The van der Waals surface area contributed by atoms with Gasteiger partial charge in [-0.25, -0.2) is 0 Å². The Labute approximate surface area is 96.3 Å². The van der Waals surface area contributed by atoms with Crippen molar-refractivity contribution < 1.29 is 0 Å². The van der Waals surface area contributed by atoms with Gasteiger partial charge in [-0.1, -0.05) is 20.3 Å². The van der Waals surface area contributed by atoms with E-state index in [0.717, 1.165) is 12.8 Å². The molecule has 1 rings (SSSR count). The van der Waals surface area contributed by atoms with E-state index in [-0.39, 0.29) is 5.38 Å². The maximum absolute atomic E-state index is 6.14. The highest BCUT2D eigenvalue weighted by Gasteiger charge is 2.14. The van der Waals surface area contributed by atoms with Crippen molar-refractivity contribution >= 4 is 22.9 Å². The Bertz CT molecular complexity index is 265. The highest BCUT2D eigenvalue weighted by molar-refractivity contribution is 7.11. The molecule has 2 heteroatoms. The molecule has 0 aliphatic rings. The van der Waals surface area contributed by atoms with Crippen molar-refractivity contribution in [3.05, 3.63) is 21.9 Å². The highest BCUT2D eigenvalue weighted by Crippen LogP contribution is 2.25. The molecule has 14 heavy (non-hydrogen) atoms. The largest absolute Gasteiger partial charge is 0.145 e. The van der Waals surface area contributed by atoms with Crippen LogP contribution in [0.4, 0.5) is 0 Å². The van der Waals surface area contributed by atoms with Gasteiger partial charge in [0.05, 0.1) is 0 Å². The van der Waals surface area contributed by atoms with Crippen molar-refractivity contribution in [2.45, 2.75) is 45.4 Å². The molecule has 1 heterocycles. The Morgan fingerprint density at radius 2 is 1.93 bits per heavy atom. The molecule has 0 saturated carbocycles. The molecule has 2 unspecified atom stereocenters. The normalized spacial score (nSPS) is 15.4. The molecule has 0 spiro atoms. The first-order valence-corrected chi connectivity index (χ1v) is 6.64. The van der Waals surface area contributed by atoms with E-state index in [1.165, 1.54) is 16.2 Å². The van der Waals surface area contributed by atoms with Crippen LogP contribution in [0.5, 0.6) is 0 Å². The second-order valence-corrected chi connectivity index (χ2v) is 5.71. The number of halogens is 1. The van der Waals surface area contributed by atoms with E-state index in [9.17, 15) is 0 Å². The van der Waals surface area contributed by atoms with Crippen LogP contribution in [0.2, 0.25) is 0 Å². The number of aryl methyl sites for hydroxylation is 1. The van der Waals surface area contributed by atoms with E-state index < -0.39 is 0 Å². The molecule has 0 aliphatic heterocycles. The van der Waals surface area contributed by atoms with E-state index in [2.05, 4.69) is 32.9 Å². The van der Waals surface area contributed by atoms with Gasteiger partial charge in [0.15, 0.2) is 0 Å². The summed E-state index contributed by atoms with van der Waals surface area (Å²) in [5.41, 5.74) is 0. The van der Waals surface area contributed by atoms with Crippen molar-refractivity contribution in [1.29, 1.82) is 0 Å². The van der Waals surface area contributed by atoms with Crippen LogP contribution < -0.4 is 0 Å². The molecule has 0 bridgehead atoms. The number of hydrogen-bond donors (Lipinski definition) is 0. The number of rotatable bonds is 5. The maximum atomic E-state index is 6.14. The lowest BCUT2D eigenvalue weighted by molar-refractivity contribution is 0.501. The number of thiophene rings is 1. The molecule has 0 radical (unpaired) electrons. The zero-order valence-corrected chi connectivity index (χ0v) is 10.8. The molecular weight excluding hydrogens is 212 g/mol. The molecule has 0 fully saturated rings. The lowest BCUT2D eigenvalue weighted by Gasteiger charge is -2.15. The molecule has 0 amide bonds. The summed E-state index contributed by atoms with van der Waals surface area (Å²) in [6.45, 7) is 6.53. The Hall–Kier alpha value is -0.0100. The van der Waals surface area contributed by atoms with Gasteiger partial charge >= 0.3 is 0 Å². The van der Waals surface area contributed by atoms with Gasteiger partial charge in [-0.2, -0.15) is 0 Å². The van der Waals surface area contributed by atoms with Gasteiger partial charge in [0.2, 0.25) is 0 Å². The van der Waals surface area contributed by atoms with Crippen molar-refractivity contribution in [1.82, 2.24) is 0 Å². The van der Waals surface area contributed by atoms with E-state index in [4.69, 9.17) is 11.6 Å². The molecule has 0 saturated heterocycles. The van der Waals surface area contributed by atoms with Gasteiger partial charge in [-0.05, 0) is 37.8 Å². The van der Waals surface area contributed by atoms with Crippen molar-refractivity contribution in [3.63, 3.8) is 0 Å². The van der Waals surface area contributed by atoms with E-state index in [0.29, 0.717) is 5.92 Å². The van der Waals surface area contributed by atoms with Crippen LogP contribution in [0.3, 0.4) is 0 Å². The number of alkyl halides is 1. The molecule has 0 N–H and O–H groups in total. The lowest BCUT2D eigenvalue weighted by Crippen LogP contribution is -2.12. The fourth-order valence-electron chi connectivity index (χ4n) is 1.61. The van der Waals surface area contributed by atoms with Crippen molar-refractivity contribution in [2.75, 3.05) is 0 Å². The Morgan fingerprint density at radius 3 is 2.36 bits per heavy atom. The van der Waals surface area contributed by atoms with E-state index in [1.54, 1.807) is 0 Å². The van der Waals surface area contributed by atoms with Crippen LogP contribution in [-0.2, 0) is 12.8 Å². The van der Waals surface area contributed by atoms with Gasteiger partial charge in [0, 0.05) is 15.1 Å². The first-order chi connectivity index (χ1) is 6.67. The third kappa shape index (κ3) is 3.29. The molecule has 0 nitrogen and oxygen atoms in total. The quantitative estimate of drug-likeness (QED) is 0.654. The fourth-order valence-corrected chi connectivity index (χ4v) is 2.93. The summed E-state index contributed by atoms with van der Waals surface area (Å²) in [6.07, 6.45) is 3.47. The third-order valence-corrected chi connectivity index (χ3v) is 4.31. The third-order valence-electron chi connectivity index (χ3n) is 2.70. The van der Waals surface area contributed by atoms with Crippen molar-refractivity contribution in [3.8, 4) is 0 Å². The van der Waals surface area contributed by atoms with Gasteiger partial charge < -0.3 is 0 Å². The SMILES string of the molecule is CCc1ccc(CC(CC)C(C)Cl)s1. The minimum Gasteiger partial charge on any atom is -0.145 e. The summed E-state index contributed by atoms with van der Waals surface area (Å²) in [5.74, 6) is 0.625. The van der Waals surface area contributed by atoms with Crippen molar-refractivity contribution in [2.24, 2.45) is 5.92 Å². The summed E-state index contributed by atoms with van der Waals surface area (Å²) >= 11 is 8.07. The summed E-state index contributed by atoms with van der Waals surface area (Å²) in [6, 6.07) is 4.50. The smallest absolute Gasteiger partial charge is 0.0339 e. The average molecular weight is 231 g/mol. The van der Waals surface area contributed by atoms with Gasteiger partial charge in [0.25, 0.3) is 0 Å². The topological polar surface area (TPSA) is 0 Å². The highest BCUT2D eigenvalue weighted by atomic mass is 35.5.